The number of nitrogens with zero attached hydrogens (tertiary/aromatic N) is 5. The van der Waals surface area contributed by atoms with Crippen molar-refractivity contribution in [3.05, 3.63) is 29.1 Å². The smallest absolute Gasteiger partial charge is 0.240 e. The largest absolute Gasteiger partial charge is 0.372 e. The van der Waals surface area contributed by atoms with Gasteiger partial charge in [0, 0.05) is 25.5 Å². The number of hydrogen-bond acceptors (Lipinski definition) is 8. The molecule has 172 valence electrons. The van der Waals surface area contributed by atoms with Crippen molar-refractivity contribution in [1.82, 2.24) is 24.7 Å². The van der Waals surface area contributed by atoms with Crippen LogP contribution < -0.4 is 4.72 Å². The van der Waals surface area contributed by atoms with E-state index in [9.17, 15) is 8.42 Å². The molecule has 0 spiro atoms. The first-order valence-electron chi connectivity index (χ1n) is 10.1. The summed E-state index contributed by atoms with van der Waals surface area (Å²) in [5.74, 6) is 0.963. The molecule has 0 aromatic carbocycles. The van der Waals surface area contributed by atoms with Crippen LogP contribution in [0, 0.1) is 0 Å². The third-order valence-electron chi connectivity index (χ3n) is 5.29. The van der Waals surface area contributed by atoms with E-state index in [4.69, 9.17) is 21.1 Å². The van der Waals surface area contributed by atoms with Gasteiger partial charge in [0.15, 0.2) is 11.6 Å². The standard InChI is InChI=1S/C19H29ClN6O4S/c1-11(2)26-17(14-7-8-19(4,5)30-14)23-24-18(26)25-31(27,28)12(3)15(29-6)16-21-9-13(20)10-22-16/h9-12,14-15H,7-8H2,1-6H3,(H,24,25)/t12-,14?,15-/m0/s1. The molecule has 3 rings (SSSR count). The van der Waals surface area contributed by atoms with Gasteiger partial charge in [-0.25, -0.2) is 18.4 Å². The minimum atomic E-state index is -3.92. The highest BCUT2D eigenvalue weighted by Crippen LogP contribution is 2.39. The minimum absolute atomic E-state index is 0.0804. The highest BCUT2D eigenvalue weighted by molar-refractivity contribution is 7.93. The van der Waals surface area contributed by atoms with Crippen LogP contribution in [0.15, 0.2) is 12.4 Å². The van der Waals surface area contributed by atoms with Crippen molar-refractivity contribution in [2.75, 3.05) is 11.8 Å². The van der Waals surface area contributed by atoms with Crippen LogP contribution in [0.3, 0.4) is 0 Å². The Kier molecular flexibility index (Phi) is 6.90. The Morgan fingerprint density at radius 1 is 1.26 bits per heavy atom. The van der Waals surface area contributed by atoms with E-state index >= 15 is 0 Å². The normalized spacial score (nSPS) is 20.7. The van der Waals surface area contributed by atoms with E-state index in [0.29, 0.717) is 10.8 Å². The predicted molar refractivity (Wildman–Crippen MR) is 116 cm³/mol. The number of sulfonamides is 1. The van der Waals surface area contributed by atoms with Gasteiger partial charge in [0.2, 0.25) is 16.0 Å². The summed E-state index contributed by atoms with van der Waals surface area (Å²) in [5.41, 5.74) is -0.253. The fourth-order valence-corrected chi connectivity index (χ4v) is 4.86. The summed E-state index contributed by atoms with van der Waals surface area (Å²) in [6.45, 7) is 9.45. The van der Waals surface area contributed by atoms with Gasteiger partial charge in [-0.2, -0.15) is 0 Å². The number of halogens is 1. The molecule has 0 saturated carbocycles. The Bertz CT molecular complexity index is 1010. The monoisotopic (exact) mass is 472 g/mol. The maximum atomic E-state index is 13.2. The van der Waals surface area contributed by atoms with E-state index < -0.39 is 21.4 Å². The van der Waals surface area contributed by atoms with Gasteiger partial charge in [-0.3, -0.25) is 9.29 Å². The third kappa shape index (κ3) is 5.16. The van der Waals surface area contributed by atoms with Crippen molar-refractivity contribution in [2.45, 2.75) is 76.6 Å². The summed E-state index contributed by atoms with van der Waals surface area (Å²) in [5, 5.41) is 7.71. The fraction of sp³-hybridized carbons (Fsp3) is 0.684. The molecule has 0 aliphatic carbocycles. The van der Waals surface area contributed by atoms with Crippen LogP contribution >= 0.6 is 11.6 Å². The van der Waals surface area contributed by atoms with Crippen LogP contribution in [-0.4, -0.2) is 51.1 Å². The van der Waals surface area contributed by atoms with Crippen molar-refractivity contribution in [2.24, 2.45) is 0 Å². The Morgan fingerprint density at radius 2 is 1.90 bits per heavy atom. The summed E-state index contributed by atoms with van der Waals surface area (Å²) >= 11 is 5.83. The number of hydrogen-bond donors (Lipinski definition) is 1. The van der Waals surface area contributed by atoms with Crippen LogP contribution in [0.1, 0.15) is 77.4 Å². The average molecular weight is 473 g/mol. The molecule has 3 heterocycles. The minimum Gasteiger partial charge on any atom is -0.372 e. The maximum Gasteiger partial charge on any atom is 0.240 e. The SMILES string of the molecule is CO[C@H](c1ncc(Cl)cn1)[C@H](C)S(=O)(=O)Nc1nnc(C2CCC(C)(C)O2)n1C(C)C. The number of rotatable bonds is 8. The zero-order valence-electron chi connectivity index (χ0n) is 18.5. The van der Waals surface area contributed by atoms with Crippen LogP contribution in [0.5, 0.6) is 0 Å². The quantitative estimate of drug-likeness (QED) is 0.619. The van der Waals surface area contributed by atoms with Crippen LogP contribution in [0.4, 0.5) is 5.95 Å². The first-order valence-corrected chi connectivity index (χ1v) is 12.0. The second-order valence-corrected chi connectivity index (χ2v) is 11.0. The van der Waals surface area contributed by atoms with Crippen molar-refractivity contribution in [3.8, 4) is 0 Å². The van der Waals surface area contributed by atoms with Gasteiger partial charge < -0.3 is 9.47 Å². The molecule has 1 aliphatic heterocycles. The Balaban J connectivity index is 1.87. The molecule has 0 amide bonds. The first-order chi connectivity index (χ1) is 14.4. The number of aromatic nitrogens is 5. The van der Waals surface area contributed by atoms with E-state index in [-0.39, 0.29) is 29.5 Å². The second-order valence-electron chi connectivity index (χ2n) is 8.52. The lowest BCUT2D eigenvalue weighted by molar-refractivity contribution is -0.0218. The number of anilines is 1. The first kappa shape index (κ1) is 23.8. The second kappa shape index (κ2) is 8.97. The number of nitrogens with one attached hydrogen (secondary N) is 1. The van der Waals surface area contributed by atoms with E-state index in [1.54, 1.807) is 4.57 Å². The molecule has 2 aromatic heterocycles. The van der Waals surface area contributed by atoms with Gasteiger partial charge in [0.05, 0.1) is 10.6 Å². The lowest BCUT2D eigenvalue weighted by Crippen LogP contribution is -2.33. The van der Waals surface area contributed by atoms with E-state index in [2.05, 4.69) is 24.9 Å². The number of methoxy groups -OCH3 is 1. The van der Waals surface area contributed by atoms with E-state index in [1.165, 1.54) is 26.4 Å². The number of ether oxygens (including phenoxy) is 2. The van der Waals surface area contributed by atoms with Crippen molar-refractivity contribution >= 4 is 27.6 Å². The Morgan fingerprint density at radius 3 is 2.42 bits per heavy atom. The fourth-order valence-electron chi connectivity index (χ4n) is 3.62. The lowest BCUT2D eigenvalue weighted by Gasteiger charge is -2.23. The lowest BCUT2D eigenvalue weighted by atomic mass is 10.1. The molecule has 10 nitrogen and oxygen atoms in total. The summed E-state index contributed by atoms with van der Waals surface area (Å²) in [6.07, 6.45) is 3.33. The molecule has 12 heteroatoms. The molecule has 31 heavy (non-hydrogen) atoms. The molecule has 1 aliphatic rings. The third-order valence-corrected chi connectivity index (χ3v) is 7.18. The summed E-state index contributed by atoms with van der Waals surface area (Å²) in [7, 11) is -2.52. The van der Waals surface area contributed by atoms with Crippen LogP contribution in [0.25, 0.3) is 0 Å². The molecule has 0 bridgehead atoms. The molecule has 2 aromatic rings. The van der Waals surface area contributed by atoms with Gasteiger partial charge in [-0.15, -0.1) is 10.2 Å². The average Bonchev–Trinajstić information content (AvgIpc) is 3.26. The molecule has 1 N–H and O–H groups in total. The molecule has 1 saturated heterocycles. The molecule has 0 radical (unpaired) electrons. The van der Waals surface area contributed by atoms with Gasteiger partial charge >= 0.3 is 0 Å². The molecule has 3 atom stereocenters. The van der Waals surface area contributed by atoms with Crippen LogP contribution in [-0.2, 0) is 19.5 Å². The molecular formula is C19H29ClN6O4S. The van der Waals surface area contributed by atoms with Gasteiger partial charge in [-0.1, -0.05) is 11.6 Å². The van der Waals surface area contributed by atoms with Crippen molar-refractivity contribution in [1.29, 1.82) is 0 Å². The zero-order chi connectivity index (χ0) is 23.0. The van der Waals surface area contributed by atoms with Gasteiger partial charge in [-0.05, 0) is 47.5 Å². The van der Waals surface area contributed by atoms with Crippen LogP contribution in [0.2, 0.25) is 5.02 Å². The summed E-state index contributed by atoms with van der Waals surface area (Å²) in [6, 6.07) is -0.0804. The van der Waals surface area contributed by atoms with E-state index in [1.807, 2.05) is 27.7 Å². The Labute approximate surface area is 187 Å². The maximum absolute atomic E-state index is 13.2. The van der Waals surface area contributed by atoms with Gasteiger partial charge in [0.1, 0.15) is 17.5 Å². The van der Waals surface area contributed by atoms with E-state index in [0.717, 1.165) is 12.8 Å². The topological polar surface area (TPSA) is 121 Å². The summed E-state index contributed by atoms with van der Waals surface area (Å²) in [4.78, 5) is 8.19. The highest BCUT2D eigenvalue weighted by atomic mass is 35.5. The zero-order valence-corrected chi connectivity index (χ0v) is 20.1. The highest BCUT2D eigenvalue weighted by Gasteiger charge is 2.38. The molecular weight excluding hydrogens is 444 g/mol. The summed E-state index contributed by atoms with van der Waals surface area (Å²) < 4.78 is 42.2. The Hall–Kier alpha value is -1.82. The predicted octanol–water partition coefficient (Wildman–Crippen LogP) is 3.45. The molecule has 1 unspecified atom stereocenters. The van der Waals surface area contributed by atoms with Crippen molar-refractivity contribution in [3.63, 3.8) is 0 Å². The van der Waals surface area contributed by atoms with Crippen molar-refractivity contribution < 1.29 is 17.9 Å². The molecule has 1 fully saturated rings. The van der Waals surface area contributed by atoms with Gasteiger partial charge in [0.25, 0.3) is 0 Å².